The lowest BCUT2D eigenvalue weighted by atomic mass is 9.98. The van der Waals surface area contributed by atoms with Crippen molar-refractivity contribution in [1.82, 2.24) is 0 Å². The van der Waals surface area contributed by atoms with E-state index in [0.717, 1.165) is 109 Å². The average Bonchev–Trinajstić information content (AvgIpc) is 3.37. The Balaban J connectivity index is 2.75. The summed E-state index contributed by atoms with van der Waals surface area (Å²) in [6.45, 7) is 5.75. The third-order valence-corrected chi connectivity index (χ3v) is 12.1. The van der Waals surface area contributed by atoms with Crippen LogP contribution in [0.5, 0.6) is 0 Å². The van der Waals surface area contributed by atoms with Crippen molar-refractivity contribution >= 4 is 23.9 Å². The molecule has 0 spiro atoms. The Morgan fingerprint density at radius 1 is 0.466 bits per heavy atom. The molecule has 0 radical (unpaired) electrons. The molecule has 0 aromatic rings. The maximum atomic E-state index is 13.1. The first-order valence-electron chi connectivity index (χ1n) is 28.2. The molecule has 0 aromatic heterocycles. The first-order valence-corrected chi connectivity index (χ1v) is 28.2. The Labute approximate surface area is 441 Å². The third kappa shape index (κ3) is 38.8. The van der Waals surface area contributed by atoms with Crippen LogP contribution in [0, 0.1) is 0 Å². The highest BCUT2D eigenvalue weighted by Gasteiger charge is 2.50. The van der Waals surface area contributed by atoms with Crippen molar-refractivity contribution in [3.8, 4) is 0 Å². The average molecular weight is 1020 g/mol. The highest BCUT2D eigenvalue weighted by atomic mass is 16.7. The lowest BCUT2D eigenvalue weighted by Gasteiger charge is -2.40. The van der Waals surface area contributed by atoms with Crippen molar-refractivity contribution in [1.29, 1.82) is 0 Å². The Bertz CT molecular complexity index is 1640. The Kier molecular flexibility index (Phi) is 44.4. The molecule has 6 atom stereocenters. The molecule has 12 nitrogen and oxygen atoms in total. The van der Waals surface area contributed by atoms with Gasteiger partial charge < -0.3 is 39.0 Å². The van der Waals surface area contributed by atoms with Crippen LogP contribution in [0.15, 0.2) is 97.2 Å². The number of carboxylic acid groups (broad SMARTS) is 1. The van der Waals surface area contributed by atoms with Crippen LogP contribution in [0.1, 0.15) is 213 Å². The van der Waals surface area contributed by atoms with Gasteiger partial charge in [-0.2, -0.15) is 0 Å². The second kappa shape index (κ2) is 48.6. The third-order valence-electron chi connectivity index (χ3n) is 12.1. The molecule has 73 heavy (non-hydrogen) atoms. The standard InChI is InChI=1S/C61H98O12/c1-4-7-10-13-16-19-22-24-25-26-27-28-29-31-34-37-40-43-46-49-55(64)72-59-57(66)56(65)58(60(67)68)73-61(59)70-51-52(71-54(63)48-45-42-39-36-32-21-18-15-12-9-6-3)50-69-53(62)47-44-41-38-35-33-30-23-20-17-14-11-8-5-2/h7,10,15-16,18-20,23-25,27-28,31,34,40,43,52,56-59,61,65-66H,4-6,8-9,11-14,17,21-22,26,29-30,32-33,35-39,41-42,44-51H2,1-3H3,(H,67,68)/b10-7-,18-15-,19-16-,23-20-,25-24-,28-27-,34-31-,43-40-. The summed E-state index contributed by atoms with van der Waals surface area (Å²) in [5, 5.41) is 31.4. The number of allylic oxidation sites excluding steroid dienone is 16. The van der Waals surface area contributed by atoms with Gasteiger partial charge in [-0.05, 0) is 103 Å². The van der Waals surface area contributed by atoms with Crippen LogP contribution in [-0.4, -0.2) is 89.2 Å². The molecule has 0 aliphatic carbocycles. The predicted molar refractivity (Wildman–Crippen MR) is 294 cm³/mol. The van der Waals surface area contributed by atoms with Gasteiger partial charge in [0.05, 0.1) is 6.61 Å². The number of carboxylic acids is 1. The fourth-order valence-electron chi connectivity index (χ4n) is 7.78. The number of aliphatic hydroxyl groups is 2. The van der Waals surface area contributed by atoms with Crippen molar-refractivity contribution in [2.75, 3.05) is 13.2 Å². The normalized spacial score (nSPS) is 19.1. The van der Waals surface area contributed by atoms with E-state index in [1.165, 1.54) is 38.5 Å². The van der Waals surface area contributed by atoms with Gasteiger partial charge in [0.25, 0.3) is 0 Å². The van der Waals surface area contributed by atoms with Crippen LogP contribution in [-0.2, 0) is 42.9 Å². The van der Waals surface area contributed by atoms with Gasteiger partial charge in [0, 0.05) is 19.3 Å². The van der Waals surface area contributed by atoms with E-state index in [-0.39, 0.29) is 25.9 Å². The molecule has 1 aliphatic rings. The molecule has 1 heterocycles. The zero-order valence-electron chi connectivity index (χ0n) is 45.3. The van der Waals surface area contributed by atoms with E-state index in [0.29, 0.717) is 25.7 Å². The van der Waals surface area contributed by atoms with Crippen molar-refractivity contribution < 1.29 is 58.2 Å². The van der Waals surface area contributed by atoms with Crippen molar-refractivity contribution in [2.45, 2.75) is 250 Å². The molecule has 1 rings (SSSR count). The number of rotatable bonds is 46. The number of aliphatic hydroxyl groups excluding tert-OH is 2. The summed E-state index contributed by atoms with van der Waals surface area (Å²) in [5.74, 6) is -3.26. The number of aliphatic carboxylic acids is 1. The van der Waals surface area contributed by atoms with E-state index in [9.17, 15) is 34.5 Å². The minimum Gasteiger partial charge on any atom is -0.479 e. The number of carbonyl (C=O) groups is 4. The molecule has 414 valence electrons. The highest BCUT2D eigenvalue weighted by molar-refractivity contribution is 5.74. The lowest BCUT2D eigenvalue weighted by molar-refractivity contribution is -0.301. The van der Waals surface area contributed by atoms with Crippen molar-refractivity contribution in [3.63, 3.8) is 0 Å². The van der Waals surface area contributed by atoms with Crippen LogP contribution in [0.25, 0.3) is 0 Å². The van der Waals surface area contributed by atoms with E-state index < -0.39 is 67.3 Å². The zero-order valence-corrected chi connectivity index (χ0v) is 45.3. The lowest BCUT2D eigenvalue weighted by Crippen LogP contribution is -2.61. The zero-order chi connectivity index (χ0) is 53.3. The van der Waals surface area contributed by atoms with E-state index >= 15 is 0 Å². The molecule has 1 saturated heterocycles. The number of hydrogen-bond acceptors (Lipinski definition) is 11. The molecule has 0 saturated carbocycles. The number of ether oxygens (including phenoxy) is 5. The number of unbranched alkanes of at least 4 members (excludes halogenated alkanes) is 16. The summed E-state index contributed by atoms with van der Waals surface area (Å²) < 4.78 is 28.2. The van der Waals surface area contributed by atoms with Crippen molar-refractivity contribution in [2.24, 2.45) is 0 Å². The maximum absolute atomic E-state index is 13.1. The van der Waals surface area contributed by atoms with Gasteiger partial charge in [-0.15, -0.1) is 0 Å². The number of hydrogen-bond donors (Lipinski definition) is 3. The summed E-state index contributed by atoms with van der Waals surface area (Å²) in [4.78, 5) is 50.9. The summed E-state index contributed by atoms with van der Waals surface area (Å²) in [6.07, 6.45) is 51.1. The second-order valence-corrected chi connectivity index (χ2v) is 18.8. The number of carbonyl (C=O) groups excluding carboxylic acids is 3. The van der Waals surface area contributed by atoms with Crippen LogP contribution in [0.4, 0.5) is 0 Å². The van der Waals surface area contributed by atoms with Gasteiger partial charge in [0.2, 0.25) is 0 Å². The molecular formula is C61H98O12. The Morgan fingerprint density at radius 2 is 0.904 bits per heavy atom. The highest BCUT2D eigenvalue weighted by Crippen LogP contribution is 2.26. The van der Waals surface area contributed by atoms with Gasteiger partial charge in [0.15, 0.2) is 24.6 Å². The molecular weight excluding hydrogens is 925 g/mol. The van der Waals surface area contributed by atoms with Gasteiger partial charge >= 0.3 is 23.9 Å². The second-order valence-electron chi connectivity index (χ2n) is 18.8. The Morgan fingerprint density at radius 3 is 1.41 bits per heavy atom. The quantitative estimate of drug-likeness (QED) is 0.0228. The number of esters is 3. The SMILES string of the molecule is CC/C=C\C/C=C\C/C=C\C/C=C\C/C=C\C/C=C\CCC(=O)OC1C(OCC(COC(=O)CCCCCCC/C=C\CCCCCC)OC(=O)CCCCCCC/C=C\CCCC)OC(C(=O)O)C(O)C1O. The summed E-state index contributed by atoms with van der Waals surface area (Å²) in [5.41, 5.74) is 0. The molecule has 3 N–H and O–H groups in total. The summed E-state index contributed by atoms with van der Waals surface area (Å²) in [6, 6.07) is 0. The fourth-order valence-corrected chi connectivity index (χ4v) is 7.78. The Hall–Kier alpha value is -4.36. The smallest absolute Gasteiger partial charge is 0.335 e. The minimum absolute atomic E-state index is 0.0700. The monoisotopic (exact) mass is 1020 g/mol. The van der Waals surface area contributed by atoms with E-state index in [1.807, 2.05) is 18.2 Å². The van der Waals surface area contributed by atoms with E-state index in [4.69, 9.17) is 23.7 Å². The van der Waals surface area contributed by atoms with Crippen LogP contribution >= 0.6 is 0 Å². The largest absolute Gasteiger partial charge is 0.479 e. The molecule has 0 aromatic carbocycles. The molecule has 1 aliphatic heterocycles. The minimum atomic E-state index is -1.93. The predicted octanol–water partition coefficient (Wildman–Crippen LogP) is 14.1. The van der Waals surface area contributed by atoms with Crippen LogP contribution in [0.3, 0.4) is 0 Å². The summed E-state index contributed by atoms with van der Waals surface area (Å²) >= 11 is 0. The van der Waals surface area contributed by atoms with Gasteiger partial charge in [-0.3, -0.25) is 14.4 Å². The van der Waals surface area contributed by atoms with E-state index in [1.54, 1.807) is 0 Å². The van der Waals surface area contributed by atoms with Gasteiger partial charge in [0.1, 0.15) is 18.8 Å². The van der Waals surface area contributed by atoms with Gasteiger partial charge in [-0.1, -0.05) is 189 Å². The molecule has 12 heteroatoms. The van der Waals surface area contributed by atoms with Gasteiger partial charge in [-0.25, -0.2) is 4.79 Å². The van der Waals surface area contributed by atoms with Crippen molar-refractivity contribution in [3.05, 3.63) is 97.2 Å². The maximum Gasteiger partial charge on any atom is 0.335 e. The van der Waals surface area contributed by atoms with E-state index in [2.05, 4.69) is 99.8 Å². The summed E-state index contributed by atoms with van der Waals surface area (Å²) in [7, 11) is 0. The molecule has 1 fully saturated rings. The first kappa shape index (κ1) is 66.7. The van der Waals surface area contributed by atoms with Crippen LogP contribution in [0.2, 0.25) is 0 Å². The molecule has 6 unspecified atom stereocenters. The molecule has 0 amide bonds. The van der Waals surface area contributed by atoms with Crippen LogP contribution < -0.4 is 0 Å². The first-order chi connectivity index (χ1) is 35.6. The fraction of sp³-hybridized carbons (Fsp3) is 0.672. The topological polar surface area (TPSA) is 175 Å². The molecule has 0 bridgehead atoms.